The molecule has 134 valence electrons. The molecular formula is C18H14Cl3N3O2. The standard InChI is InChI=1S/C18H14Cl3N3O2/c19-14-6-12(23-22)7-15(20)17(14)26-13-8-16(21)18(25)24(10-13)9-11-4-2-1-3-5-11/h1-8,10,23H,9,22H2. The highest BCUT2D eigenvalue weighted by atomic mass is 35.5. The third kappa shape index (κ3) is 4.14. The average Bonchev–Trinajstić information content (AvgIpc) is 2.63. The fourth-order valence-corrected chi connectivity index (χ4v) is 3.17. The molecule has 0 saturated heterocycles. The van der Waals surface area contributed by atoms with E-state index in [1.165, 1.54) is 10.6 Å². The molecule has 0 atom stereocenters. The first-order valence-electron chi connectivity index (χ1n) is 7.55. The number of ether oxygens (including phenoxy) is 1. The number of nitrogen functional groups attached to an aromatic ring is 1. The average molecular weight is 411 g/mol. The minimum absolute atomic E-state index is 0.0333. The summed E-state index contributed by atoms with van der Waals surface area (Å²) in [4.78, 5) is 12.3. The summed E-state index contributed by atoms with van der Waals surface area (Å²) >= 11 is 18.5. The van der Waals surface area contributed by atoms with Crippen LogP contribution in [0.3, 0.4) is 0 Å². The van der Waals surface area contributed by atoms with E-state index in [9.17, 15) is 4.79 Å². The van der Waals surface area contributed by atoms with Gasteiger partial charge in [-0.25, -0.2) is 0 Å². The van der Waals surface area contributed by atoms with Crippen LogP contribution in [0.2, 0.25) is 15.1 Å². The molecule has 0 aliphatic carbocycles. The van der Waals surface area contributed by atoms with E-state index in [2.05, 4.69) is 5.43 Å². The zero-order chi connectivity index (χ0) is 18.7. The van der Waals surface area contributed by atoms with E-state index in [0.717, 1.165) is 5.56 Å². The topological polar surface area (TPSA) is 69.3 Å². The molecular weight excluding hydrogens is 397 g/mol. The second kappa shape index (κ2) is 8.01. The predicted molar refractivity (Wildman–Crippen MR) is 106 cm³/mol. The lowest BCUT2D eigenvalue weighted by atomic mass is 10.2. The van der Waals surface area contributed by atoms with Crippen molar-refractivity contribution in [3.63, 3.8) is 0 Å². The van der Waals surface area contributed by atoms with E-state index in [1.807, 2.05) is 30.3 Å². The molecule has 0 unspecified atom stereocenters. The van der Waals surface area contributed by atoms with Crippen molar-refractivity contribution in [3.05, 3.63) is 85.7 Å². The Morgan fingerprint density at radius 2 is 1.65 bits per heavy atom. The van der Waals surface area contributed by atoms with E-state index < -0.39 is 0 Å². The second-order valence-corrected chi connectivity index (χ2v) is 6.68. The van der Waals surface area contributed by atoms with Gasteiger partial charge in [0, 0.05) is 6.07 Å². The molecule has 0 spiro atoms. The summed E-state index contributed by atoms with van der Waals surface area (Å²) in [5, 5.41) is 0.565. The van der Waals surface area contributed by atoms with Gasteiger partial charge in [0.1, 0.15) is 10.8 Å². The maximum Gasteiger partial charge on any atom is 0.269 e. The first-order valence-corrected chi connectivity index (χ1v) is 8.68. The van der Waals surface area contributed by atoms with Gasteiger partial charge in [-0.05, 0) is 17.7 Å². The van der Waals surface area contributed by atoms with Gasteiger partial charge in [-0.15, -0.1) is 0 Å². The van der Waals surface area contributed by atoms with Crippen molar-refractivity contribution in [2.24, 2.45) is 5.84 Å². The first-order chi connectivity index (χ1) is 12.5. The van der Waals surface area contributed by atoms with Gasteiger partial charge in [0.15, 0.2) is 5.75 Å². The van der Waals surface area contributed by atoms with Gasteiger partial charge in [0.2, 0.25) is 0 Å². The number of nitrogens with two attached hydrogens (primary N) is 1. The van der Waals surface area contributed by atoms with Gasteiger partial charge in [0.05, 0.1) is 28.5 Å². The van der Waals surface area contributed by atoms with Crippen LogP contribution in [-0.2, 0) is 6.54 Å². The highest BCUT2D eigenvalue weighted by Gasteiger charge is 2.13. The van der Waals surface area contributed by atoms with Crippen molar-refractivity contribution in [2.75, 3.05) is 5.43 Å². The Balaban J connectivity index is 1.96. The molecule has 5 nitrogen and oxygen atoms in total. The highest BCUT2D eigenvalue weighted by molar-refractivity contribution is 6.37. The van der Waals surface area contributed by atoms with Crippen LogP contribution in [0.4, 0.5) is 5.69 Å². The molecule has 0 amide bonds. The Labute approximate surface area is 164 Å². The summed E-state index contributed by atoms with van der Waals surface area (Å²) in [5.41, 5.74) is 3.64. The van der Waals surface area contributed by atoms with Crippen molar-refractivity contribution < 1.29 is 4.74 Å². The largest absolute Gasteiger partial charge is 0.453 e. The number of hydrogen-bond donors (Lipinski definition) is 2. The number of pyridine rings is 1. The minimum atomic E-state index is -0.317. The van der Waals surface area contributed by atoms with Crippen LogP contribution in [0.15, 0.2) is 59.5 Å². The molecule has 0 fully saturated rings. The van der Waals surface area contributed by atoms with Gasteiger partial charge in [-0.1, -0.05) is 65.1 Å². The van der Waals surface area contributed by atoms with Crippen LogP contribution in [0, 0.1) is 0 Å². The van der Waals surface area contributed by atoms with E-state index >= 15 is 0 Å². The van der Waals surface area contributed by atoms with Crippen LogP contribution in [0.1, 0.15) is 5.56 Å². The Hall–Kier alpha value is -2.18. The number of benzene rings is 2. The molecule has 0 aliphatic heterocycles. The maximum absolute atomic E-state index is 12.3. The molecule has 1 aromatic heterocycles. The molecule has 0 bridgehead atoms. The van der Waals surface area contributed by atoms with Crippen LogP contribution in [0.5, 0.6) is 11.5 Å². The van der Waals surface area contributed by atoms with Crippen molar-refractivity contribution in [3.8, 4) is 11.5 Å². The molecule has 26 heavy (non-hydrogen) atoms. The van der Waals surface area contributed by atoms with Gasteiger partial charge in [0.25, 0.3) is 5.56 Å². The molecule has 0 saturated carbocycles. The van der Waals surface area contributed by atoms with Crippen LogP contribution >= 0.6 is 34.8 Å². The molecule has 3 N–H and O–H groups in total. The number of halogens is 3. The molecule has 8 heteroatoms. The van der Waals surface area contributed by atoms with Crippen LogP contribution in [-0.4, -0.2) is 4.57 Å². The Bertz CT molecular complexity index is 968. The normalized spacial score (nSPS) is 10.6. The monoisotopic (exact) mass is 409 g/mol. The second-order valence-electron chi connectivity index (χ2n) is 5.46. The summed E-state index contributed by atoms with van der Waals surface area (Å²) < 4.78 is 7.24. The lowest BCUT2D eigenvalue weighted by Gasteiger charge is -2.14. The molecule has 3 rings (SSSR count). The molecule has 0 aliphatic rings. The van der Waals surface area contributed by atoms with Crippen molar-refractivity contribution in [1.82, 2.24) is 4.57 Å². The zero-order valence-corrected chi connectivity index (χ0v) is 15.6. The molecule has 0 radical (unpaired) electrons. The lowest BCUT2D eigenvalue weighted by molar-refractivity contribution is 0.475. The summed E-state index contributed by atoms with van der Waals surface area (Å²) in [6.45, 7) is 0.355. The van der Waals surface area contributed by atoms with Crippen LogP contribution < -0.4 is 21.6 Å². The lowest BCUT2D eigenvalue weighted by Crippen LogP contribution is -2.20. The molecule has 1 heterocycles. The van der Waals surface area contributed by atoms with Crippen molar-refractivity contribution >= 4 is 40.5 Å². The van der Waals surface area contributed by atoms with Crippen molar-refractivity contribution in [1.29, 1.82) is 0 Å². The molecule has 2 aromatic carbocycles. The fraction of sp³-hybridized carbons (Fsp3) is 0.0556. The SMILES string of the molecule is NNc1cc(Cl)c(Oc2cc(Cl)c(=O)n(Cc3ccccc3)c2)c(Cl)c1. The number of hydrogen-bond acceptors (Lipinski definition) is 4. The van der Waals surface area contributed by atoms with E-state index in [4.69, 9.17) is 45.4 Å². The summed E-state index contributed by atoms with van der Waals surface area (Å²) in [6.07, 6.45) is 1.56. The summed E-state index contributed by atoms with van der Waals surface area (Å²) in [5.74, 6) is 5.94. The van der Waals surface area contributed by atoms with Crippen molar-refractivity contribution in [2.45, 2.75) is 6.54 Å². The minimum Gasteiger partial charge on any atom is -0.453 e. The quantitative estimate of drug-likeness (QED) is 0.462. The number of hydrazine groups is 1. The Morgan fingerprint density at radius 3 is 2.27 bits per heavy atom. The number of anilines is 1. The zero-order valence-electron chi connectivity index (χ0n) is 13.4. The van der Waals surface area contributed by atoms with E-state index in [1.54, 1.807) is 18.3 Å². The van der Waals surface area contributed by atoms with Crippen LogP contribution in [0.25, 0.3) is 0 Å². The van der Waals surface area contributed by atoms with Gasteiger partial charge >= 0.3 is 0 Å². The Kier molecular flexibility index (Phi) is 5.74. The van der Waals surface area contributed by atoms with Gasteiger partial charge < -0.3 is 14.7 Å². The van der Waals surface area contributed by atoms with Gasteiger partial charge in [-0.3, -0.25) is 10.6 Å². The highest BCUT2D eigenvalue weighted by Crippen LogP contribution is 2.38. The first kappa shape index (κ1) is 18.6. The fourth-order valence-electron chi connectivity index (χ4n) is 2.39. The smallest absolute Gasteiger partial charge is 0.269 e. The third-order valence-corrected chi connectivity index (χ3v) is 4.43. The number of nitrogens with zero attached hydrogens (tertiary/aromatic N) is 1. The maximum atomic E-state index is 12.3. The Morgan fingerprint density at radius 1 is 1.00 bits per heavy atom. The van der Waals surface area contributed by atoms with Gasteiger partial charge in [-0.2, -0.15) is 0 Å². The van der Waals surface area contributed by atoms with E-state index in [0.29, 0.717) is 18.0 Å². The number of rotatable bonds is 5. The predicted octanol–water partition coefficient (Wildman–Crippen LogP) is 4.93. The summed E-state index contributed by atoms with van der Waals surface area (Å²) in [6, 6.07) is 14.1. The summed E-state index contributed by atoms with van der Waals surface area (Å²) in [7, 11) is 0. The number of nitrogens with one attached hydrogen (secondary N) is 1. The molecule has 3 aromatic rings. The number of aromatic nitrogens is 1. The third-order valence-electron chi connectivity index (χ3n) is 3.60. The van der Waals surface area contributed by atoms with E-state index in [-0.39, 0.29) is 26.4 Å².